The van der Waals surface area contributed by atoms with Crippen LogP contribution in [0.5, 0.6) is 11.5 Å². The summed E-state index contributed by atoms with van der Waals surface area (Å²) >= 11 is 0. The lowest BCUT2D eigenvalue weighted by atomic mass is 9.91. The second-order valence-corrected chi connectivity index (χ2v) is 13.4. The van der Waals surface area contributed by atoms with Crippen molar-refractivity contribution in [3.05, 3.63) is 118 Å². The molecule has 4 aromatic rings. The van der Waals surface area contributed by atoms with Crippen LogP contribution in [0.25, 0.3) is 11.1 Å². The van der Waals surface area contributed by atoms with Crippen LogP contribution in [-0.2, 0) is 35.4 Å². The van der Waals surface area contributed by atoms with Gasteiger partial charge in [-0.05, 0) is 114 Å². The van der Waals surface area contributed by atoms with Gasteiger partial charge in [0, 0.05) is 13.1 Å². The smallest absolute Gasteiger partial charge is 0.306 e. The van der Waals surface area contributed by atoms with Crippen LogP contribution in [0.3, 0.4) is 0 Å². The molecule has 2 aliphatic carbocycles. The third kappa shape index (κ3) is 8.90. The van der Waals surface area contributed by atoms with E-state index in [0.717, 1.165) is 61.2 Å². The lowest BCUT2D eigenvalue weighted by Crippen LogP contribution is -2.28. The number of hydrogen-bond donors (Lipinski definition) is 5. The van der Waals surface area contributed by atoms with Gasteiger partial charge in [-0.1, -0.05) is 60.7 Å². The number of ether oxygens (including phenoxy) is 2. The van der Waals surface area contributed by atoms with Gasteiger partial charge in [0.15, 0.2) is 0 Å². The summed E-state index contributed by atoms with van der Waals surface area (Å²) < 4.78 is 13.0. The zero-order valence-electron chi connectivity index (χ0n) is 28.1. The molecule has 9 nitrogen and oxygen atoms in total. The van der Waals surface area contributed by atoms with Crippen LogP contribution in [0.15, 0.2) is 84.9 Å². The fourth-order valence-corrected chi connectivity index (χ4v) is 7.23. The normalized spacial score (nSPS) is 17.5. The molecule has 0 saturated carbocycles. The molecule has 0 amide bonds. The molecular weight excluding hydrogens is 634 g/mol. The number of aliphatic hydroxyl groups is 2. The summed E-state index contributed by atoms with van der Waals surface area (Å²) in [5.41, 5.74) is 9.80. The Bertz CT molecular complexity index is 1640. The van der Waals surface area contributed by atoms with E-state index in [1.165, 1.54) is 33.4 Å². The largest absolute Gasteiger partial charge is 0.486 e. The Balaban J connectivity index is 1.07. The van der Waals surface area contributed by atoms with Crippen molar-refractivity contribution in [3.63, 3.8) is 0 Å². The van der Waals surface area contributed by atoms with Crippen molar-refractivity contribution < 1.29 is 39.5 Å². The third-order valence-corrected chi connectivity index (χ3v) is 9.66. The number of fused-ring (bicyclic) bond motifs is 2. The molecule has 0 fully saturated rings. The molecule has 2 unspecified atom stereocenters. The van der Waals surface area contributed by atoms with Crippen molar-refractivity contribution in [1.29, 1.82) is 0 Å². The Kier molecular flexibility index (Phi) is 11.5. The number of hydrogen-bond acceptors (Lipinski definition) is 7. The minimum absolute atomic E-state index is 0.0252. The molecule has 4 aromatic carbocycles. The molecule has 2 aliphatic rings. The standard InChI is InChI=1S/C41H45NO8/c43-28(22-40(45)46)5-1-4-26-10-14-30(15-11-26)49-38-20-18-34-32(6-2-8-36(34)38)33-7-3-9-37-35(33)19-21-39(37)50-31-16-12-27(13-17-31)24-42-25-29(44)23-41(47)48/h2-3,6-17,28-29,38-39,42-44H,1,4-5,18-25H2,(H,45,46)(H,47,48)/t28-,29+,38?,39?/m1/s1. The molecule has 9 heteroatoms. The van der Waals surface area contributed by atoms with E-state index in [1.54, 1.807) is 0 Å². The van der Waals surface area contributed by atoms with Crippen molar-refractivity contribution in [2.75, 3.05) is 6.54 Å². The molecule has 6 rings (SSSR count). The number of rotatable bonds is 17. The highest BCUT2D eigenvalue weighted by Crippen LogP contribution is 2.45. The zero-order valence-corrected chi connectivity index (χ0v) is 28.1. The van der Waals surface area contributed by atoms with Gasteiger partial charge in [-0.2, -0.15) is 0 Å². The average molecular weight is 680 g/mol. The quantitative estimate of drug-likeness (QED) is 0.0837. The second kappa shape index (κ2) is 16.3. The lowest BCUT2D eigenvalue weighted by molar-refractivity contribution is -0.140. The first-order chi connectivity index (χ1) is 24.2. The van der Waals surface area contributed by atoms with E-state index in [1.807, 2.05) is 48.5 Å². The highest BCUT2D eigenvalue weighted by molar-refractivity contribution is 5.75. The Hall–Kier alpha value is -4.70. The number of carbonyl (C=O) groups is 2. The zero-order chi connectivity index (χ0) is 35.0. The number of carboxylic acids is 2. The van der Waals surface area contributed by atoms with Gasteiger partial charge in [0.1, 0.15) is 23.7 Å². The van der Waals surface area contributed by atoms with E-state index >= 15 is 0 Å². The molecule has 4 atom stereocenters. The van der Waals surface area contributed by atoms with E-state index in [0.29, 0.717) is 13.0 Å². The number of aryl methyl sites for hydroxylation is 1. The van der Waals surface area contributed by atoms with Crippen molar-refractivity contribution in [2.45, 2.75) is 88.7 Å². The summed E-state index contributed by atoms with van der Waals surface area (Å²) in [6.07, 6.45) is 3.35. The molecule has 0 aromatic heterocycles. The fraction of sp³-hybridized carbons (Fsp3) is 0.366. The van der Waals surface area contributed by atoms with Crippen molar-refractivity contribution in [2.24, 2.45) is 0 Å². The van der Waals surface area contributed by atoms with Gasteiger partial charge in [-0.15, -0.1) is 0 Å². The van der Waals surface area contributed by atoms with E-state index < -0.39 is 24.1 Å². The summed E-state index contributed by atoms with van der Waals surface area (Å²) in [7, 11) is 0. The van der Waals surface area contributed by atoms with Gasteiger partial charge >= 0.3 is 11.9 Å². The van der Waals surface area contributed by atoms with Crippen LogP contribution in [0, 0.1) is 0 Å². The third-order valence-electron chi connectivity index (χ3n) is 9.66. The molecule has 0 saturated heterocycles. The predicted octanol–water partition coefficient (Wildman–Crippen LogP) is 6.57. The van der Waals surface area contributed by atoms with Gasteiger partial charge in [0.2, 0.25) is 0 Å². The summed E-state index contributed by atoms with van der Waals surface area (Å²) in [5.74, 6) is -0.376. The van der Waals surface area contributed by atoms with Gasteiger partial charge in [0.05, 0.1) is 25.0 Å². The molecule has 0 bridgehead atoms. The van der Waals surface area contributed by atoms with Gasteiger partial charge < -0.3 is 35.2 Å². The van der Waals surface area contributed by atoms with Crippen molar-refractivity contribution in [3.8, 4) is 22.6 Å². The van der Waals surface area contributed by atoms with Crippen molar-refractivity contribution >= 4 is 11.9 Å². The fourth-order valence-electron chi connectivity index (χ4n) is 7.23. The first-order valence-electron chi connectivity index (χ1n) is 17.5. The summed E-state index contributed by atoms with van der Waals surface area (Å²) in [6.45, 7) is 0.740. The Morgan fingerprint density at radius 1 is 0.680 bits per heavy atom. The van der Waals surface area contributed by atoms with Crippen LogP contribution in [0.2, 0.25) is 0 Å². The second-order valence-electron chi connectivity index (χ2n) is 13.4. The van der Waals surface area contributed by atoms with Gasteiger partial charge in [0.25, 0.3) is 0 Å². The summed E-state index contributed by atoms with van der Waals surface area (Å²) in [5, 5.41) is 40.3. The van der Waals surface area contributed by atoms with Gasteiger partial charge in [-0.3, -0.25) is 9.59 Å². The number of nitrogens with one attached hydrogen (secondary N) is 1. The maximum atomic E-state index is 10.8. The molecule has 5 N–H and O–H groups in total. The lowest BCUT2D eigenvalue weighted by Gasteiger charge is -2.18. The van der Waals surface area contributed by atoms with E-state index in [9.17, 15) is 19.8 Å². The molecule has 50 heavy (non-hydrogen) atoms. The summed E-state index contributed by atoms with van der Waals surface area (Å²) in [4.78, 5) is 21.5. The van der Waals surface area contributed by atoms with Crippen LogP contribution in [0.4, 0.5) is 0 Å². The first kappa shape index (κ1) is 35.1. The van der Waals surface area contributed by atoms with E-state index in [2.05, 4.69) is 41.7 Å². The minimum Gasteiger partial charge on any atom is -0.486 e. The SMILES string of the molecule is O=C(O)C[C@H](O)CCCc1ccc(OC2CCc3c(-c4cccc5c4CCC5Oc4ccc(CNC[C@@H](O)CC(=O)O)cc4)cccc32)cc1. The average Bonchev–Trinajstić information content (AvgIpc) is 3.70. The highest BCUT2D eigenvalue weighted by atomic mass is 16.5. The molecule has 0 aliphatic heterocycles. The first-order valence-corrected chi connectivity index (χ1v) is 17.5. The molecule has 0 spiro atoms. The topological polar surface area (TPSA) is 146 Å². The summed E-state index contributed by atoms with van der Waals surface area (Å²) in [6, 6.07) is 29.0. The van der Waals surface area contributed by atoms with E-state index in [-0.39, 0.29) is 31.6 Å². The number of aliphatic carboxylic acids is 2. The molecule has 262 valence electrons. The predicted molar refractivity (Wildman–Crippen MR) is 189 cm³/mol. The minimum atomic E-state index is -1.02. The Morgan fingerprint density at radius 3 is 1.70 bits per heavy atom. The molecular formula is C41H45NO8. The highest BCUT2D eigenvalue weighted by Gasteiger charge is 2.30. The van der Waals surface area contributed by atoms with Crippen LogP contribution >= 0.6 is 0 Å². The van der Waals surface area contributed by atoms with Crippen LogP contribution < -0.4 is 14.8 Å². The number of benzene rings is 4. The monoisotopic (exact) mass is 679 g/mol. The number of carboxylic acid groups (broad SMARTS) is 2. The van der Waals surface area contributed by atoms with E-state index in [4.69, 9.17) is 19.7 Å². The van der Waals surface area contributed by atoms with Crippen LogP contribution in [0.1, 0.15) is 84.1 Å². The molecule has 0 heterocycles. The van der Waals surface area contributed by atoms with Gasteiger partial charge in [-0.25, -0.2) is 0 Å². The maximum absolute atomic E-state index is 10.8. The Morgan fingerprint density at radius 2 is 1.18 bits per heavy atom. The van der Waals surface area contributed by atoms with Crippen LogP contribution in [-0.4, -0.2) is 51.1 Å². The maximum Gasteiger partial charge on any atom is 0.306 e. The number of aliphatic hydroxyl groups excluding tert-OH is 2. The molecule has 0 radical (unpaired) electrons. The Labute approximate surface area is 292 Å². The van der Waals surface area contributed by atoms with Crippen molar-refractivity contribution in [1.82, 2.24) is 5.32 Å².